The first-order valence-corrected chi connectivity index (χ1v) is 6.73. The van der Waals surface area contributed by atoms with Gasteiger partial charge in [0.2, 0.25) is 0 Å². The Morgan fingerprint density at radius 2 is 1.94 bits per heavy atom. The average Bonchev–Trinajstić information content (AvgIpc) is 2.26. The number of aliphatic hydroxyl groups excluding tert-OH is 3. The highest BCUT2D eigenvalue weighted by molar-refractivity contribution is 7.99. The first-order chi connectivity index (χ1) is 7.70. The maximum Gasteiger partial charge on any atom is 0.103 e. The largest absolute Gasteiger partial charge is 0.396 e. The van der Waals surface area contributed by atoms with Crippen molar-refractivity contribution in [1.29, 1.82) is 0 Å². The highest BCUT2D eigenvalue weighted by Gasteiger charge is 2.08. The van der Waals surface area contributed by atoms with Crippen molar-refractivity contribution in [2.45, 2.75) is 30.7 Å². The van der Waals surface area contributed by atoms with Crippen molar-refractivity contribution in [3.05, 3.63) is 0 Å². The Kier molecular flexibility index (Phi) is 11.7. The molecule has 0 aromatic heterocycles. The van der Waals surface area contributed by atoms with Crippen molar-refractivity contribution in [2.24, 2.45) is 5.73 Å². The molecule has 0 radical (unpaired) electrons. The monoisotopic (exact) mass is 252 g/mol. The molecule has 2 atom stereocenters. The predicted octanol–water partition coefficient (Wildman–Crippen LogP) is -0.890. The maximum absolute atomic E-state index is 9.11. The highest BCUT2D eigenvalue weighted by atomic mass is 32.2. The lowest BCUT2D eigenvalue weighted by Crippen LogP contribution is -2.24. The van der Waals surface area contributed by atoms with E-state index in [-0.39, 0.29) is 18.5 Å². The van der Waals surface area contributed by atoms with Crippen LogP contribution in [0.1, 0.15) is 19.3 Å². The number of thioether (sulfide) groups is 1. The number of rotatable bonds is 11. The third-order valence-electron chi connectivity index (χ3n) is 2.13. The molecule has 0 unspecified atom stereocenters. The van der Waals surface area contributed by atoms with Crippen LogP contribution >= 0.6 is 11.8 Å². The fraction of sp³-hybridized carbons (Fsp3) is 1.00. The molecule has 0 aliphatic heterocycles. The SMILES string of the molecule is N[C@@H](O)CCS[C@H](CO)CCNCCCO. The van der Waals surface area contributed by atoms with Crippen molar-refractivity contribution in [3.63, 3.8) is 0 Å². The summed E-state index contributed by atoms with van der Waals surface area (Å²) in [4.78, 5) is 0. The molecule has 0 spiro atoms. The Morgan fingerprint density at radius 1 is 1.19 bits per heavy atom. The number of aliphatic hydroxyl groups is 3. The van der Waals surface area contributed by atoms with E-state index in [0.717, 1.165) is 31.7 Å². The van der Waals surface area contributed by atoms with Crippen LogP contribution in [0.5, 0.6) is 0 Å². The van der Waals surface area contributed by atoms with Gasteiger partial charge in [-0.2, -0.15) is 11.8 Å². The molecule has 98 valence electrons. The number of nitrogens with two attached hydrogens (primary N) is 1. The van der Waals surface area contributed by atoms with Crippen LogP contribution < -0.4 is 11.1 Å². The third-order valence-corrected chi connectivity index (χ3v) is 3.45. The molecule has 16 heavy (non-hydrogen) atoms. The molecule has 0 rings (SSSR count). The van der Waals surface area contributed by atoms with Gasteiger partial charge in [0.15, 0.2) is 0 Å². The van der Waals surface area contributed by atoms with Gasteiger partial charge >= 0.3 is 0 Å². The van der Waals surface area contributed by atoms with E-state index < -0.39 is 6.23 Å². The Labute approximate surface area is 101 Å². The summed E-state index contributed by atoms with van der Waals surface area (Å²) in [6, 6.07) is 0. The number of hydrogen-bond donors (Lipinski definition) is 5. The number of nitrogens with one attached hydrogen (secondary N) is 1. The smallest absolute Gasteiger partial charge is 0.103 e. The minimum absolute atomic E-state index is 0.146. The first kappa shape index (κ1) is 16.1. The lowest BCUT2D eigenvalue weighted by atomic mass is 10.3. The molecule has 0 fully saturated rings. The molecular weight excluding hydrogens is 228 g/mol. The lowest BCUT2D eigenvalue weighted by Gasteiger charge is -2.14. The van der Waals surface area contributed by atoms with Crippen LogP contribution in [0.4, 0.5) is 0 Å². The standard InChI is InChI=1S/C10H24N2O3S/c11-10(15)3-7-16-9(8-14)2-5-12-4-1-6-13/h9-10,12-15H,1-8,11H2/t9-,10-/m0/s1. The topological polar surface area (TPSA) is 98.7 Å². The third kappa shape index (κ3) is 10.7. The first-order valence-electron chi connectivity index (χ1n) is 5.68. The molecule has 0 aromatic rings. The molecule has 5 nitrogen and oxygen atoms in total. The van der Waals surface area contributed by atoms with E-state index in [2.05, 4.69) is 5.32 Å². The van der Waals surface area contributed by atoms with Gasteiger partial charge < -0.3 is 26.4 Å². The zero-order valence-corrected chi connectivity index (χ0v) is 10.5. The summed E-state index contributed by atoms with van der Waals surface area (Å²) in [7, 11) is 0. The van der Waals surface area contributed by atoms with Gasteiger partial charge in [-0.25, -0.2) is 0 Å². The summed E-state index contributed by atoms with van der Waals surface area (Å²) in [6.07, 6.45) is 1.44. The highest BCUT2D eigenvalue weighted by Crippen LogP contribution is 2.15. The second-order valence-corrected chi connectivity index (χ2v) is 5.06. The maximum atomic E-state index is 9.11. The van der Waals surface area contributed by atoms with E-state index in [1.807, 2.05) is 0 Å². The minimum Gasteiger partial charge on any atom is -0.396 e. The second kappa shape index (κ2) is 11.6. The van der Waals surface area contributed by atoms with Crippen LogP contribution in [0.2, 0.25) is 0 Å². The van der Waals surface area contributed by atoms with Crippen LogP contribution in [-0.4, -0.2) is 58.9 Å². The zero-order valence-electron chi connectivity index (χ0n) is 9.64. The summed E-state index contributed by atoms with van der Waals surface area (Å²) in [5, 5.41) is 29.9. The molecule has 0 aliphatic carbocycles. The van der Waals surface area contributed by atoms with Crippen molar-refractivity contribution < 1.29 is 15.3 Å². The quantitative estimate of drug-likeness (QED) is 0.242. The van der Waals surface area contributed by atoms with Gasteiger partial charge in [-0.05, 0) is 38.1 Å². The normalized spacial score (nSPS) is 15.0. The van der Waals surface area contributed by atoms with Gasteiger partial charge in [0.1, 0.15) is 6.23 Å². The fourth-order valence-corrected chi connectivity index (χ4v) is 2.28. The predicted molar refractivity (Wildman–Crippen MR) is 67.3 cm³/mol. The summed E-state index contributed by atoms with van der Waals surface area (Å²) in [5.74, 6) is 0.763. The Hall–Kier alpha value is 0.150. The van der Waals surface area contributed by atoms with Crippen LogP contribution in [0.15, 0.2) is 0 Å². The van der Waals surface area contributed by atoms with Gasteiger partial charge in [-0.15, -0.1) is 0 Å². The molecule has 0 bridgehead atoms. The fourth-order valence-electron chi connectivity index (χ4n) is 1.17. The molecule has 0 aromatic carbocycles. The van der Waals surface area contributed by atoms with E-state index in [1.54, 1.807) is 11.8 Å². The molecular formula is C10H24N2O3S. The van der Waals surface area contributed by atoms with Gasteiger partial charge in [0.25, 0.3) is 0 Å². The summed E-state index contributed by atoms with van der Waals surface area (Å²) in [5.41, 5.74) is 5.22. The summed E-state index contributed by atoms with van der Waals surface area (Å²) >= 11 is 1.63. The van der Waals surface area contributed by atoms with Gasteiger partial charge in [0.05, 0.1) is 6.61 Å². The Bertz CT molecular complexity index is 150. The average molecular weight is 252 g/mol. The molecule has 6 N–H and O–H groups in total. The molecule has 0 heterocycles. The summed E-state index contributed by atoms with van der Waals surface area (Å²) in [6.45, 7) is 2.00. The van der Waals surface area contributed by atoms with Crippen molar-refractivity contribution in [1.82, 2.24) is 5.32 Å². The molecule has 0 aliphatic rings. The lowest BCUT2D eigenvalue weighted by molar-refractivity contribution is 0.179. The van der Waals surface area contributed by atoms with Gasteiger partial charge in [-0.1, -0.05) is 0 Å². The second-order valence-electron chi connectivity index (χ2n) is 3.65. The number of hydrogen-bond acceptors (Lipinski definition) is 6. The van der Waals surface area contributed by atoms with E-state index in [4.69, 9.17) is 21.1 Å². The zero-order chi connectivity index (χ0) is 12.2. The van der Waals surface area contributed by atoms with E-state index in [1.165, 1.54) is 0 Å². The van der Waals surface area contributed by atoms with Crippen LogP contribution in [0, 0.1) is 0 Å². The Balaban J connectivity index is 3.36. The van der Waals surface area contributed by atoms with Crippen LogP contribution in [0.25, 0.3) is 0 Å². The van der Waals surface area contributed by atoms with Gasteiger partial charge in [0, 0.05) is 11.9 Å². The van der Waals surface area contributed by atoms with Crippen LogP contribution in [-0.2, 0) is 0 Å². The summed E-state index contributed by atoms with van der Waals surface area (Å²) < 4.78 is 0. The van der Waals surface area contributed by atoms with Crippen LogP contribution in [0.3, 0.4) is 0 Å². The molecule has 0 amide bonds. The van der Waals surface area contributed by atoms with Crippen molar-refractivity contribution in [3.8, 4) is 0 Å². The van der Waals surface area contributed by atoms with E-state index in [0.29, 0.717) is 6.42 Å². The Morgan fingerprint density at radius 3 is 2.50 bits per heavy atom. The van der Waals surface area contributed by atoms with Gasteiger partial charge in [-0.3, -0.25) is 0 Å². The van der Waals surface area contributed by atoms with Crippen molar-refractivity contribution in [2.75, 3.05) is 32.1 Å². The van der Waals surface area contributed by atoms with E-state index in [9.17, 15) is 0 Å². The van der Waals surface area contributed by atoms with E-state index >= 15 is 0 Å². The van der Waals surface area contributed by atoms with Crippen molar-refractivity contribution >= 4 is 11.8 Å². The molecule has 6 heteroatoms. The molecule has 0 saturated heterocycles. The molecule has 0 saturated carbocycles. The minimum atomic E-state index is -0.755.